The van der Waals surface area contributed by atoms with Crippen molar-refractivity contribution < 1.29 is 9.59 Å². The summed E-state index contributed by atoms with van der Waals surface area (Å²) in [6.45, 7) is 4.24. The number of hydrogen-bond acceptors (Lipinski definition) is 4. The van der Waals surface area contributed by atoms with Gasteiger partial charge in [-0.15, -0.1) is 23.7 Å². The maximum atomic E-state index is 11.9. The van der Waals surface area contributed by atoms with Gasteiger partial charge < -0.3 is 16.0 Å². The third-order valence-corrected chi connectivity index (χ3v) is 4.56. The van der Waals surface area contributed by atoms with Gasteiger partial charge >= 0.3 is 0 Å². The predicted molar refractivity (Wildman–Crippen MR) is 91.6 cm³/mol. The number of hydrogen-bond donors (Lipinski definition) is 2. The van der Waals surface area contributed by atoms with Gasteiger partial charge in [0.25, 0.3) is 0 Å². The highest BCUT2D eigenvalue weighted by Gasteiger charge is 2.18. The normalized spacial score (nSPS) is 11.7. The third-order valence-electron chi connectivity index (χ3n) is 2.88. The van der Waals surface area contributed by atoms with Gasteiger partial charge in [0.2, 0.25) is 11.8 Å². The second-order valence-corrected chi connectivity index (χ2v) is 6.88. The Morgan fingerprint density at radius 3 is 2.57 bits per heavy atom. The summed E-state index contributed by atoms with van der Waals surface area (Å²) in [7, 11) is 1.71. The molecule has 1 aromatic heterocycles. The van der Waals surface area contributed by atoms with Gasteiger partial charge in [-0.2, -0.15) is 0 Å². The summed E-state index contributed by atoms with van der Waals surface area (Å²) in [5, 5.41) is 4.54. The van der Waals surface area contributed by atoms with Crippen molar-refractivity contribution in [2.75, 3.05) is 13.6 Å². The van der Waals surface area contributed by atoms with Crippen molar-refractivity contribution in [1.29, 1.82) is 0 Å². The first-order valence-electron chi connectivity index (χ1n) is 6.31. The van der Waals surface area contributed by atoms with Crippen LogP contribution < -0.4 is 11.1 Å². The summed E-state index contributed by atoms with van der Waals surface area (Å²) in [6, 6.07) is 1.39. The van der Waals surface area contributed by atoms with Crippen LogP contribution in [0.4, 0.5) is 0 Å². The van der Waals surface area contributed by atoms with Crippen LogP contribution >= 0.6 is 39.7 Å². The summed E-state index contributed by atoms with van der Waals surface area (Å²) in [4.78, 5) is 26.2. The van der Waals surface area contributed by atoms with Crippen LogP contribution in [0.1, 0.15) is 18.7 Å². The molecule has 21 heavy (non-hydrogen) atoms. The number of halogens is 2. The molecule has 3 N–H and O–H groups in total. The average Bonchev–Trinajstić information content (AvgIpc) is 2.79. The molecule has 1 atom stereocenters. The Labute approximate surface area is 143 Å². The molecule has 1 aromatic rings. The monoisotopic (exact) mass is 397 g/mol. The van der Waals surface area contributed by atoms with E-state index in [0.717, 1.165) is 9.35 Å². The number of carbonyl (C=O) groups excluding carboxylic acids is 2. The Kier molecular flexibility index (Phi) is 9.12. The maximum absolute atomic E-state index is 11.9. The molecule has 5 nitrogen and oxygen atoms in total. The van der Waals surface area contributed by atoms with Crippen molar-refractivity contribution in [1.82, 2.24) is 10.2 Å². The second-order valence-electron chi connectivity index (χ2n) is 4.97. The minimum Gasteiger partial charge on any atom is -0.346 e. The number of nitrogens with zero attached hydrogens (tertiary/aromatic N) is 1. The summed E-state index contributed by atoms with van der Waals surface area (Å²) in [6.07, 6.45) is 0. The van der Waals surface area contributed by atoms with Crippen LogP contribution in [-0.2, 0) is 16.1 Å². The molecule has 0 saturated carbocycles. The molecular formula is C13H21BrClN3O2S. The fraction of sp³-hybridized carbons (Fsp3) is 0.538. The van der Waals surface area contributed by atoms with E-state index in [1.807, 2.05) is 25.3 Å². The molecule has 0 spiro atoms. The first kappa shape index (κ1) is 20.4. The molecule has 1 rings (SSSR count). The molecule has 2 amide bonds. The molecule has 0 fully saturated rings. The van der Waals surface area contributed by atoms with E-state index in [9.17, 15) is 9.59 Å². The van der Waals surface area contributed by atoms with E-state index in [-0.39, 0.29) is 36.7 Å². The first-order valence-corrected chi connectivity index (χ1v) is 7.98. The summed E-state index contributed by atoms with van der Waals surface area (Å²) >= 11 is 4.95. The van der Waals surface area contributed by atoms with Crippen molar-refractivity contribution in [3.05, 3.63) is 20.8 Å². The van der Waals surface area contributed by atoms with E-state index in [2.05, 4.69) is 21.2 Å². The molecule has 0 unspecified atom stereocenters. The van der Waals surface area contributed by atoms with Crippen LogP contribution in [0.2, 0.25) is 0 Å². The topological polar surface area (TPSA) is 75.4 Å². The lowest BCUT2D eigenvalue weighted by molar-refractivity contribution is -0.132. The van der Waals surface area contributed by atoms with Gasteiger partial charge in [-0.1, -0.05) is 13.8 Å². The SMILES string of the molecule is CC(C)[C@H](N)C(=O)NCC(=O)N(C)Cc1cc(Br)cs1.Cl. The standard InChI is InChI=1S/C13H20BrN3O2S.ClH/c1-8(2)12(15)13(19)16-5-11(18)17(3)6-10-4-9(14)7-20-10;/h4,7-8,12H,5-6,15H2,1-3H3,(H,16,19);1H/t12-;/m0./s1. The van der Waals surface area contributed by atoms with Crippen molar-refractivity contribution in [2.45, 2.75) is 26.4 Å². The molecule has 0 aliphatic heterocycles. The molecule has 120 valence electrons. The van der Waals surface area contributed by atoms with Crippen molar-refractivity contribution in [3.8, 4) is 0 Å². The largest absolute Gasteiger partial charge is 0.346 e. The number of nitrogens with one attached hydrogen (secondary N) is 1. The number of thiophene rings is 1. The molecule has 0 aliphatic carbocycles. The number of amides is 2. The highest BCUT2D eigenvalue weighted by molar-refractivity contribution is 9.10. The summed E-state index contributed by atoms with van der Waals surface area (Å²) < 4.78 is 1.01. The zero-order valence-corrected chi connectivity index (χ0v) is 15.5. The Bertz CT molecular complexity index is 482. The van der Waals surface area contributed by atoms with Crippen LogP contribution in [0, 0.1) is 5.92 Å². The zero-order valence-electron chi connectivity index (χ0n) is 12.3. The molecule has 0 saturated heterocycles. The fourth-order valence-corrected chi connectivity index (χ4v) is 2.98. The Balaban J connectivity index is 0.00000400. The second kappa shape index (κ2) is 9.40. The minimum absolute atomic E-state index is 0. The summed E-state index contributed by atoms with van der Waals surface area (Å²) in [5.74, 6) is -0.384. The van der Waals surface area contributed by atoms with Crippen LogP contribution in [0.25, 0.3) is 0 Å². The highest BCUT2D eigenvalue weighted by atomic mass is 79.9. The number of carbonyl (C=O) groups is 2. The zero-order chi connectivity index (χ0) is 15.3. The number of nitrogens with two attached hydrogens (primary N) is 1. The van der Waals surface area contributed by atoms with Gasteiger partial charge in [0.15, 0.2) is 0 Å². The van der Waals surface area contributed by atoms with Crippen LogP contribution in [-0.4, -0.2) is 36.3 Å². The Morgan fingerprint density at radius 2 is 2.10 bits per heavy atom. The van der Waals surface area contributed by atoms with E-state index in [1.165, 1.54) is 0 Å². The van der Waals surface area contributed by atoms with Gasteiger partial charge in [0, 0.05) is 21.8 Å². The lowest BCUT2D eigenvalue weighted by Gasteiger charge is -2.19. The molecular weight excluding hydrogens is 378 g/mol. The minimum atomic E-state index is -0.582. The molecule has 0 radical (unpaired) electrons. The maximum Gasteiger partial charge on any atom is 0.242 e. The molecule has 0 aliphatic rings. The quantitative estimate of drug-likeness (QED) is 0.769. The third kappa shape index (κ3) is 6.78. The summed E-state index contributed by atoms with van der Waals surface area (Å²) in [5.41, 5.74) is 5.71. The molecule has 0 aromatic carbocycles. The van der Waals surface area contributed by atoms with E-state index in [4.69, 9.17) is 5.73 Å². The predicted octanol–water partition coefficient (Wildman–Crippen LogP) is 1.99. The fourth-order valence-electron chi connectivity index (χ4n) is 1.48. The number of rotatable bonds is 6. The van der Waals surface area contributed by atoms with Crippen LogP contribution in [0.15, 0.2) is 15.9 Å². The van der Waals surface area contributed by atoms with Gasteiger partial charge in [-0.05, 0) is 27.9 Å². The van der Waals surface area contributed by atoms with Crippen LogP contribution in [0.5, 0.6) is 0 Å². The van der Waals surface area contributed by atoms with E-state index < -0.39 is 6.04 Å². The average molecular weight is 399 g/mol. The molecule has 1 heterocycles. The van der Waals surface area contributed by atoms with E-state index >= 15 is 0 Å². The molecule has 8 heteroatoms. The lowest BCUT2D eigenvalue weighted by atomic mass is 10.1. The molecule has 0 bridgehead atoms. The van der Waals surface area contributed by atoms with Crippen LogP contribution in [0.3, 0.4) is 0 Å². The van der Waals surface area contributed by atoms with Gasteiger partial charge in [0.1, 0.15) is 0 Å². The van der Waals surface area contributed by atoms with Crippen molar-refractivity contribution >= 4 is 51.5 Å². The Morgan fingerprint density at radius 1 is 1.48 bits per heavy atom. The van der Waals surface area contributed by atoms with E-state index in [0.29, 0.717) is 6.54 Å². The van der Waals surface area contributed by atoms with Gasteiger partial charge in [-0.3, -0.25) is 9.59 Å². The smallest absolute Gasteiger partial charge is 0.242 e. The number of likely N-dealkylation sites (N-methyl/N-ethyl adjacent to an activating group) is 1. The van der Waals surface area contributed by atoms with E-state index in [1.54, 1.807) is 23.3 Å². The van der Waals surface area contributed by atoms with Gasteiger partial charge in [-0.25, -0.2) is 0 Å². The first-order chi connectivity index (χ1) is 9.31. The van der Waals surface area contributed by atoms with Crippen molar-refractivity contribution in [3.63, 3.8) is 0 Å². The Hall–Kier alpha value is -0.630. The highest BCUT2D eigenvalue weighted by Crippen LogP contribution is 2.20. The lowest BCUT2D eigenvalue weighted by Crippen LogP contribution is -2.47. The van der Waals surface area contributed by atoms with Gasteiger partial charge in [0.05, 0.1) is 19.1 Å². The van der Waals surface area contributed by atoms with Crippen molar-refractivity contribution in [2.24, 2.45) is 11.7 Å².